The van der Waals surface area contributed by atoms with Gasteiger partial charge in [-0.05, 0) is 55.2 Å². The van der Waals surface area contributed by atoms with Crippen molar-refractivity contribution < 1.29 is 9.90 Å². The van der Waals surface area contributed by atoms with Crippen LogP contribution in [0.5, 0.6) is 0 Å². The van der Waals surface area contributed by atoms with E-state index in [-0.39, 0.29) is 0 Å². The fourth-order valence-corrected chi connectivity index (χ4v) is 3.97. The molecule has 3 heteroatoms. The van der Waals surface area contributed by atoms with Crippen LogP contribution >= 0.6 is 11.8 Å². The zero-order chi connectivity index (χ0) is 14.7. The average molecular weight is 302 g/mol. The van der Waals surface area contributed by atoms with Gasteiger partial charge in [0, 0.05) is 10.6 Å². The lowest BCUT2D eigenvalue weighted by molar-refractivity contribution is -0.130. The molecule has 0 bridgehead atoms. The van der Waals surface area contributed by atoms with Gasteiger partial charge in [-0.2, -0.15) is 0 Å². The Labute approximate surface area is 130 Å². The number of benzene rings is 1. The van der Waals surface area contributed by atoms with Crippen molar-refractivity contribution in [2.24, 2.45) is 11.8 Å². The molecule has 0 aromatic heterocycles. The van der Waals surface area contributed by atoms with Crippen LogP contribution in [-0.4, -0.2) is 16.8 Å². The van der Waals surface area contributed by atoms with Crippen LogP contribution in [0.4, 0.5) is 0 Å². The highest BCUT2D eigenvalue weighted by Gasteiger charge is 2.21. The Morgan fingerprint density at radius 3 is 2.38 bits per heavy atom. The van der Waals surface area contributed by atoms with Gasteiger partial charge in [-0.15, -0.1) is 11.8 Å². The van der Waals surface area contributed by atoms with Crippen molar-refractivity contribution in [1.29, 1.82) is 0 Å². The van der Waals surface area contributed by atoms with E-state index in [1.165, 1.54) is 36.3 Å². The van der Waals surface area contributed by atoms with Crippen molar-refractivity contribution in [3.8, 4) is 0 Å². The molecule has 0 heterocycles. The third kappa shape index (κ3) is 4.13. The van der Waals surface area contributed by atoms with Crippen molar-refractivity contribution >= 4 is 23.3 Å². The Morgan fingerprint density at radius 1 is 1.14 bits per heavy atom. The van der Waals surface area contributed by atoms with E-state index in [0.717, 1.165) is 24.3 Å². The van der Waals surface area contributed by atoms with Gasteiger partial charge in [0.25, 0.3) is 0 Å². The molecule has 2 aliphatic rings. The molecule has 2 fully saturated rings. The van der Waals surface area contributed by atoms with Crippen molar-refractivity contribution in [3.63, 3.8) is 0 Å². The smallest absolute Gasteiger partial charge is 0.335 e. The summed E-state index contributed by atoms with van der Waals surface area (Å²) in [6.07, 6.45) is 9.44. The molecule has 3 rings (SSSR count). The highest BCUT2D eigenvalue weighted by Crippen LogP contribution is 2.35. The van der Waals surface area contributed by atoms with Gasteiger partial charge >= 0.3 is 5.97 Å². The van der Waals surface area contributed by atoms with Crippen LogP contribution in [-0.2, 0) is 4.79 Å². The molecule has 0 amide bonds. The van der Waals surface area contributed by atoms with Gasteiger partial charge in [0.1, 0.15) is 0 Å². The summed E-state index contributed by atoms with van der Waals surface area (Å²) in [6.45, 7) is 0. The lowest BCUT2D eigenvalue weighted by atomic mass is 9.99. The molecular formula is C18H22O2S. The second kappa shape index (κ2) is 6.69. The molecule has 1 aromatic carbocycles. The molecule has 0 unspecified atom stereocenters. The predicted molar refractivity (Wildman–Crippen MR) is 87.5 cm³/mol. The van der Waals surface area contributed by atoms with Crippen molar-refractivity contribution in [1.82, 2.24) is 0 Å². The number of allylic oxidation sites excluding steroid dienone is 1. The first-order chi connectivity index (χ1) is 10.2. The lowest BCUT2D eigenvalue weighted by Gasteiger charge is -2.08. The third-order valence-electron chi connectivity index (χ3n) is 4.38. The van der Waals surface area contributed by atoms with Crippen LogP contribution in [0.1, 0.15) is 44.1 Å². The maximum atomic E-state index is 11.5. The molecule has 0 saturated heterocycles. The summed E-state index contributed by atoms with van der Waals surface area (Å²) in [7, 11) is 0. The van der Waals surface area contributed by atoms with E-state index in [1.807, 2.05) is 30.0 Å². The highest BCUT2D eigenvalue weighted by molar-refractivity contribution is 7.99. The minimum absolute atomic E-state index is 0.444. The number of carboxylic acids is 1. The maximum Gasteiger partial charge on any atom is 0.335 e. The molecule has 1 N–H and O–H groups in total. The third-order valence-corrected chi connectivity index (χ3v) is 5.62. The van der Waals surface area contributed by atoms with E-state index >= 15 is 0 Å². The first kappa shape index (κ1) is 14.7. The molecule has 1 aromatic rings. The van der Waals surface area contributed by atoms with Crippen LogP contribution in [0.2, 0.25) is 0 Å². The molecule has 0 spiro atoms. The molecule has 0 aliphatic heterocycles. The summed E-state index contributed by atoms with van der Waals surface area (Å²) in [5.41, 5.74) is 1.31. The number of aliphatic carboxylic acids is 1. The SMILES string of the molecule is O=C(O)/C(=C/C1CCCC1)c1ccc(SCC2CC2)cc1. The molecule has 2 nitrogen and oxygen atoms in total. The number of carbonyl (C=O) groups is 1. The van der Waals surface area contributed by atoms with Crippen LogP contribution in [0.3, 0.4) is 0 Å². The first-order valence-corrected chi connectivity index (χ1v) is 8.89. The second-order valence-corrected chi connectivity index (χ2v) is 7.30. The van der Waals surface area contributed by atoms with E-state index in [0.29, 0.717) is 11.5 Å². The van der Waals surface area contributed by atoms with Gasteiger partial charge in [-0.3, -0.25) is 0 Å². The number of carboxylic acid groups (broad SMARTS) is 1. The minimum atomic E-state index is -0.805. The number of rotatable bonds is 6. The molecule has 21 heavy (non-hydrogen) atoms. The summed E-state index contributed by atoms with van der Waals surface area (Å²) < 4.78 is 0. The van der Waals surface area contributed by atoms with Crippen molar-refractivity contribution in [2.75, 3.05) is 5.75 Å². The van der Waals surface area contributed by atoms with E-state index in [4.69, 9.17) is 0 Å². The zero-order valence-electron chi connectivity index (χ0n) is 12.3. The standard InChI is InChI=1S/C18H22O2S/c19-18(20)17(11-13-3-1-2-4-13)15-7-9-16(10-8-15)21-12-14-5-6-14/h7-11,13-14H,1-6,12H2,(H,19,20)/b17-11+. The van der Waals surface area contributed by atoms with Gasteiger partial charge < -0.3 is 5.11 Å². The van der Waals surface area contributed by atoms with E-state index in [1.54, 1.807) is 0 Å². The van der Waals surface area contributed by atoms with Gasteiger partial charge in [-0.25, -0.2) is 4.79 Å². The van der Waals surface area contributed by atoms with Crippen LogP contribution in [0.15, 0.2) is 35.2 Å². The Bertz CT molecular complexity index is 523. The average Bonchev–Trinajstić information content (AvgIpc) is 3.17. The number of thioether (sulfide) groups is 1. The van der Waals surface area contributed by atoms with Gasteiger partial charge in [-0.1, -0.05) is 31.1 Å². The minimum Gasteiger partial charge on any atom is -0.478 e. The van der Waals surface area contributed by atoms with Crippen LogP contribution < -0.4 is 0 Å². The van der Waals surface area contributed by atoms with Crippen molar-refractivity contribution in [2.45, 2.75) is 43.4 Å². The lowest BCUT2D eigenvalue weighted by Crippen LogP contribution is -2.02. The molecular weight excluding hydrogens is 280 g/mol. The quantitative estimate of drug-likeness (QED) is 0.603. The molecule has 2 saturated carbocycles. The summed E-state index contributed by atoms with van der Waals surface area (Å²) in [6, 6.07) is 8.05. The Hall–Kier alpha value is -1.22. The summed E-state index contributed by atoms with van der Waals surface area (Å²) >= 11 is 1.89. The van der Waals surface area contributed by atoms with Gasteiger partial charge in [0.15, 0.2) is 0 Å². The van der Waals surface area contributed by atoms with Gasteiger partial charge in [0.05, 0.1) is 5.57 Å². The molecule has 112 valence electrons. The van der Waals surface area contributed by atoms with Gasteiger partial charge in [0.2, 0.25) is 0 Å². The Balaban J connectivity index is 1.70. The monoisotopic (exact) mass is 302 g/mol. The predicted octanol–water partition coefficient (Wildman–Crippen LogP) is 4.85. The summed E-state index contributed by atoms with van der Waals surface area (Å²) in [4.78, 5) is 12.8. The summed E-state index contributed by atoms with van der Waals surface area (Å²) in [5.74, 6) is 1.75. The largest absolute Gasteiger partial charge is 0.478 e. The van der Waals surface area contributed by atoms with E-state index in [9.17, 15) is 9.90 Å². The fraction of sp³-hybridized carbons (Fsp3) is 0.500. The van der Waals surface area contributed by atoms with E-state index in [2.05, 4.69) is 12.1 Å². The van der Waals surface area contributed by atoms with Crippen LogP contribution in [0.25, 0.3) is 5.57 Å². The first-order valence-electron chi connectivity index (χ1n) is 7.91. The Kier molecular flexibility index (Phi) is 4.69. The topological polar surface area (TPSA) is 37.3 Å². The fourth-order valence-electron chi connectivity index (χ4n) is 2.88. The summed E-state index contributed by atoms with van der Waals surface area (Å²) in [5, 5.41) is 9.47. The van der Waals surface area contributed by atoms with Crippen molar-refractivity contribution in [3.05, 3.63) is 35.9 Å². The highest BCUT2D eigenvalue weighted by atomic mass is 32.2. The molecule has 0 atom stereocenters. The zero-order valence-corrected chi connectivity index (χ0v) is 13.1. The van der Waals surface area contributed by atoms with Crippen LogP contribution in [0, 0.1) is 11.8 Å². The normalized spacial score (nSPS) is 19.9. The maximum absolute atomic E-state index is 11.5. The molecule has 0 radical (unpaired) electrons. The van der Waals surface area contributed by atoms with E-state index < -0.39 is 5.97 Å². The Morgan fingerprint density at radius 2 is 1.81 bits per heavy atom. The molecule has 2 aliphatic carbocycles. The number of hydrogen-bond donors (Lipinski definition) is 1. The number of hydrogen-bond acceptors (Lipinski definition) is 2. The second-order valence-electron chi connectivity index (χ2n) is 6.21.